The van der Waals surface area contributed by atoms with Gasteiger partial charge in [-0.05, 0) is 0 Å². The highest BCUT2D eigenvalue weighted by Crippen LogP contribution is 2.31. The maximum Gasteiger partial charge on any atom is 0.310 e. The Bertz CT molecular complexity index is 63.0. The standard InChI is InChI=1S/C4H4F4/c1-3(5,6)4(2,7)8/h1-2H2. The minimum absolute atomic E-state index is 1.90. The quantitative estimate of drug-likeness (QED) is 0.473. The summed E-state index contributed by atoms with van der Waals surface area (Å²) in [6.07, 6.45) is 0. The van der Waals surface area contributed by atoms with E-state index in [2.05, 4.69) is 0 Å². The Hall–Kier alpha value is -0.280. The van der Waals surface area contributed by atoms with Gasteiger partial charge in [0.05, 0.1) is 0 Å². The van der Waals surface area contributed by atoms with Crippen LogP contribution in [0.15, 0.2) is 0 Å². The Balaban J connectivity index is 4.02. The first-order valence-corrected chi connectivity index (χ1v) is 1.71. The van der Waals surface area contributed by atoms with Crippen LogP contribution < -0.4 is 0 Å². The van der Waals surface area contributed by atoms with E-state index >= 15 is 0 Å². The molecule has 0 aromatic heterocycles. The molecule has 8 heavy (non-hydrogen) atoms. The van der Waals surface area contributed by atoms with Gasteiger partial charge in [0, 0.05) is 13.8 Å². The van der Waals surface area contributed by atoms with E-state index in [1.54, 1.807) is 0 Å². The lowest BCUT2D eigenvalue weighted by Gasteiger charge is -2.16. The van der Waals surface area contributed by atoms with Gasteiger partial charge in [0.25, 0.3) is 0 Å². The van der Waals surface area contributed by atoms with E-state index in [0.29, 0.717) is 0 Å². The average molecular weight is 128 g/mol. The summed E-state index contributed by atoms with van der Waals surface area (Å²) in [5.41, 5.74) is 0. The lowest BCUT2D eigenvalue weighted by atomic mass is 10.2. The molecule has 0 bridgehead atoms. The third-order valence-electron chi connectivity index (χ3n) is 0.535. The number of hydrogen-bond donors (Lipinski definition) is 0. The number of rotatable bonds is 1. The van der Waals surface area contributed by atoms with E-state index in [4.69, 9.17) is 0 Å². The van der Waals surface area contributed by atoms with E-state index in [-0.39, 0.29) is 0 Å². The Labute approximate surface area is 44.5 Å². The molecule has 48 valence electrons. The lowest BCUT2D eigenvalue weighted by molar-refractivity contribution is -0.150. The van der Waals surface area contributed by atoms with Crippen LogP contribution in [0.5, 0.6) is 0 Å². The van der Waals surface area contributed by atoms with Crippen molar-refractivity contribution in [3.8, 4) is 0 Å². The zero-order chi connectivity index (χ0) is 7.00. The predicted molar refractivity (Wildman–Crippen MR) is 20.6 cm³/mol. The fourth-order valence-corrected chi connectivity index (χ4v) is 0. The van der Waals surface area contributed by atoms with E-state index in [1.165, 1.54) is 0 Å². The summed E-state index contributed by atoms with van der Waals surface area (Å²) in [7, 11) is 0. The summed E-state index contributed by atoms with van der Waals surface area (Å²) in [6.45, 7) is 3.79. The third kappa shape index (κ3) is 1.68. The summed E-state index contributed by atoms with van der Waals surface area (Å²) in [6, 6.07) is 0. The van der Waals surface area contributed by atoms with Crippen LogP contribution in [-0.2, 0) is 0 Å². The van der Waals surface area contributed by atoms with Crippen molar-refractivity contribution < 1.29 is 17.6 Å². The van der Waals surface area contributed by atoms with E-state index in [1.807, 2.05) is 13.8 Å². The molecule has 0 fully saturated rings. The van der Waals surface area contributed by atoms with Crippen LogP contribution in [0.3, 0.4) is 0 Å². The molecule has 4 heteroatoms. The molecule has 0 nitrogen and oxygen atoms in total. The summed E-state index contributed by atoms with van der Waals surface area (Å²) in [5, 5.41) is 0. The SMILES string of the molecule is [CH2]C(F)(F)C([CH2])(F)F. The Morgan fingerprint density at radius 2 is 0.875 bits per heavy atom. The van der Waals surface area contributed by atoms with Gasteiger partial charge in [-0.25, -0.2) is 0 Å². The fraction of sp³-hybridized carbons (Fsp3) is 0.500. The molecule has 0 atom stereocenters. The van der Waals surface area contributed by atoms with Gasteiger partial charge in [-0.3, -0.25) is 0 Å². The summed E-state index contributed by atoms with van der Waals surface area (Å²) >= 11 is 0. The van der Waals surface area contributed by atoms with Crippen molar-refractivity contribution in [2.24, 2.45) is 0 Å². The van der Waals surface area contributed by atoms with Crippen LogP contribution in [-0.4, -0.2) is 11.8 Å². The highest BCUT2D eigenvalue weighted by atomic mass is 19.3. The van der Waals surface area contributed by atoms with Crippen LogP contribution in [0.1, 0.15) is 0 Å². The molecule has 0 heterocycles. The lowest BCUT2D eigenvalue weighted by Crippen LogP contribution is -2.34. The maximum absolute atomic E-state index is 11.3. The highest BCUT2D eigenvalue weighted by molar-refractivity contribution is 4.88. The summed E-state index contributed by atoms with van der Waals surface area (Å²) < 4.78 is 45.2. The normalized spacial score (nSPS) is 14.2. The Kier molecular flexibility index (Phi) is 1.54. The van der Waals surface area contributed by atoms with Crippen molar-refractivity contribution >= 4 is 0 Å². The number of alkyl halides is 4. The Morgan fingerprint density at radius 3 is 0.875 bits per heavy atom. The third-order valence-corrected chi connectivity index (χ3v) is 0.535. The molecular weight excluding hydrogens is 124 g/mol. The molecule has 0 amide bonds. The van der Waals surface area contributed by atoms with Gasteiger partial charge in [0.1, 0.15) is 0 Å². The van der Waals surface area contributed by atoms with Gasteiger partial charge in [0.2, 0.25) is 0 Å². The summed E-state index contributed by atoms with van der Waals surface area (Å²) in [5.74, 6) is -8.51. The number of halogens is 4. The van der Waals surface area contributed by atoms with Crippen molar-refractivity contribution in [2.75, 3.05) is 0 Å². The molecule has 2 radical (unpaired) electrons. The van der Waals surface area contributed by atoms with Gasteiger partial charge in [-0.15, -0.1) is 0 Å². The molecule has 0 unspecified atom stereocenters. The molecule has 0 spiro atoms. The van der Waals surface area contributed by atoms with Crippen molar-refractivity contribution in [3.05, 3.63) is 13.8 Å². The second-order valence-corrected chi connectivity index (χ2v) is 1.41. The molecule has 0 aliphatic rings. The second kappa shape index (κ2) is 1.60. The zero-order valence-corrected chi connectivity index (χ0v) is 3.93. The molecule has 0 aromatic rings. The van der Waals surface area contributed by atoms with Crippen molar-refractivity contribution in [3.63, 3.8) is 0 Å². The highest BCUT2D eigenvalue weighted by Gasteiger charge is 2.47. The second-order valence-electron chi connectivity index (χ2n) is 1.41. The van der Waals surface area contributed by atoms with Gasteiger partial charge < -0.3 is 0 Å². The minimum Gasteiger partial charge on any atom is -0.200 e. The van der Waals surface area contributed by atoms with Crippen molar-refractivity contribution in [1.82, 2.24) is 0 Å². The first-order chi connectivity index (χ1) is 3.25. The van der Waals surface area contributed by atoms with Gasteiger partial charge in [-0.2, -0.15) is 17.6 Å². The van der Waals surface area contributed by atoms with Gasteiger partial charge in [0.15, 0.2) is 0 Å². The fourth-order valence-electron chi connectivity index (χ4n) is 0. The smallest absolute Gasteiger partial charge is 0.200 e. The molecule has 0 aromatic carbocycles. The first-order valence-electron chi connectivity index (χ1n) is 1.71. The van der Waals surface area contributed by atoms with Crippen LogP contribution in [0.2, 0.25) is 0 Å². The van der Waals surface area contributed by atoms with Crippen LogP contribution in [0.25, 0.3) is 0 Å². The van der Waals surface area contributed by atoms with Gasteiger partial charge >= 0.3 is 11.8 Å². The molecule has 0 rings (SSSR count). The van der Waals surface area contributed by atoms with E-state index in [9.17, 15) is 17.6 Å². The van der Waals surface area contributed by atoms with Gasteiger partial charge in [-0.1, -0.05) is 0 Å². The monoisotopic (exact) mass is 128 g/mol. The molecule has 0 N–H and O–H groups in total. The van der Waals surface area contributed by atoms with Crippen molar-refractivity contribution in [1.29, 1.82) is 0 Å². The topological polar surface area (TPSA) is 0 Å². The molecular formula is C4H4F4. The van der Waals surface area contributed by atoms with Crippen LogP contribution in [0.4, 0.5) is 17.6 Å². The predicted octanol–water partition coefficient (Wildman–Crippen LogP) is 1.93. The van der Waals surface area contributed by atoms with Crippen molar-refractivity contribution in [2.45, 2.75) is 11.8 Å². The largest absolute Gasteiger partial charge is 0.310 e. The molecule has 0 aliphatic heterocycles. The number of hydrogen-bond acceptors (Lipinski definition) is 0. The minimum atomic E-state index is -4.26. The molecule has 0 saturated heterocycles. The molecule has 0 saturated carbocycles. The first kappa shape index (κ1) is 7.72. The zero-order valence-electron chi connectivity index (χ0n) is 3.93. The van der Waals surface area contributed by atoms with Crippen LogP contribution >= 0.6 is 0 Å². The van der Waals surface area contributed by atoms with E-state index in [0.717, 1.165) is 0 Å². The van der Waals surface area contributed by atoms with E-state index < -0.39 is 11.8 Å². The maximum atomic E-state index is 11.3. The Morgan fingerprint density at radius 1 is 0.750 bits per heavy atom. The van der Waals surface area contributed by atoms with Crippen LogP contribution in [0, 0.1) is 13.8 Å². The summed E-state index contributed by atoms with van der Waals surface area (Å²) in [4.78, 5) is 0. The molecule has 0 aliphatic carbocycles. The average Bonchev–Trinajstić information content (AvgIpc) is 1.25.